The summed E-state index contributed by atoms with van der Waals surface area (Å²) < 4.78 is 0. The fourth-order valence-electron chi connectivity index (χ4n) is 3.71. The Morgan fingerprint density at radius 2 is 2.00 bits per heavy atom. The molecule has 0 bridgehead atoms. The van der Waals surface area contributed by atoms with Gasteiger partial charge in [0.1, 0.15) is 0 Å². The van der Waals surface area contributed by atoms with E-state index in [0.29, 0.717) is 25.3 Å². The molecule has 1 amide bonds. The molecule has 0 aromatic heterocycles. The highest BCUT2D eigenvalue weighted by Crippen LogP contribution is 2.27. The van der Waals surface area contributed by atoms with Crippen LogP contribution in [-0.4, -0.2) is 28.9 Å². The second-order valence-corrected chi connectivity index (χ2v) is 8.36. The zero-order valence-corrected chi connectivity index (χ0v) is 17.6. The van der Waals surface area contributed by atoms with Crippen LogP contribution >= 0.6 is 0 Å². The Balaban J connectivity index is 1.35. The molecule has 0 heterocycles. The van der Waals surface area contributed by atoms with Gasteiger partial charge in [0, 0.05) is 24.3 Å². The number of hydrogen-bond acceptors (Lipinski definition) is 3. The largest absolute Gasteiger partial charge is 0.389 e. The Labute approximate surface area is 179 Å². The molecule has 0 aliphatic heterocycles. The Morgan fingerprint density at radius 1 is 1.20 bits per heavy atom. The third-order valence-electron chi connectivity index (χ3n) is 5.71. The number of unbranched alkanes of at least 4 members (excludes halogenated alkanes) is 1. The van der Waals surface area contributed by atoms with Gasteiger partial charge in [0.25, 0.3) is 0 Å². The molecule has 3 rings (SSSR count). The van der Waals surface area contributed by atoms with E-state index in [4.69, 9.17) is 0 Å². The summed E-state index contributed by atoms with van der Waals surface area (Å²) in [6, 6.07) is 10.6. The molecule has 4 nitrogen and oxygen atoms in total. The Morgan fingerprint density at radius 3 is 2.77 bits per heavy atom. The maximum atomic E-state index is 12.2. The topological polar surface area (TPSA) is 66.4 Å². The van der Waals surface area contributed by atoms with Gasteiger partial charge in [-0.25, -0.2) is 0 Å². The first-order valence-corrected chi connectivity index (χ1v) is 11.2. The van der Waals surface area contributed by atoms with Crippen LogP contribution in [0, 0.1) is 11.8 Å². The quantitative estimate of drug-likeness (QED) is 0.401. The van der Waals surface area contributed by atoms with E-state index >= 15 is 0 Å². The minimum Gasteiger partial charge on any atom is -0.389 e. The van der Waals surface area contributed by atoms with Gasteiger partial charge in [-0.1, -0.05) is 60.7 Å². The number of ketones is 1. The number of carbonyl (C=O) groups excluding carboxylic acids is 2. The normalized spacial score (nSPS) is 22.2. The summed E-state index contributed by atoms with van der Waals surface area (Å²) in [7, 11) is 0. The summed E-state index contributed by atoms with van der Waals surface area (Å²) in [4.78, 5) is 23.8. The van der Waals surface area contributed by atoms with Crippen molar-refractivity contribution in [3.05, 3.63) is 72.4 Å². The number of aryl methyl sites for hydroxylation is 1. The van der Waals surface area contributed by atoms with Crippen LogP contribution in [0.3, 0.4) is 0 Å². The van der Waals surface area contributed by atoms with Crippen LogP contribution in [0.1, 0.15) is 50.5 Å². The van der Waals surface area contributed by atoms with Gasteiger partial charge >= 0.3 is 0 Å². The van der Waals surface area contributed by atoms with Gasteiger partial charge in [0.05, 0.1) is 6.10 Å². The van der Waals surface area contributed by atoms with Crippen molar-refractivity contribution in [2.45, 2.75) is 63.5 Å². The number of rotatable bonds is 12. The number of amides is 1. The molecule has 0 saturated heterocycles. The average Bonchev–Trinajstić information content (AvgIpc) is 3.50. The Kier molecular flexibility index (Phi) is 8.64. The predicted octanol–water partition coefficient (Wildman–Crippen LogP) is 4.30. The van der Waals surface area contributed by atoms with Gasteiger partial charge in [-0.2, -0.15) is 0 Å². The van der Waals surface area contributed by atoms with Gasteiger partial charge < -0.3 is 10.4 Å². The van der Waals surface area contributed by atoms with Gasteiger partial charge in [0.15, 0.2) is 5.78 Å². The number of carbonyl (C=O) groups is 2. The Bertz CT molecular complexity index is 777. The van der Waals surface area contributed by atoms with Crippen molar-refractivity contribution in [3.63, 3.8) is 0 Å². The third-order valence-corrected chi connectivity index (χ3v) is 5.71. The molecule has 1 fully saturated rings. The summed E-state index contributed by atoms with van der Waals surface area (Å²) in [5.41, 5.74) is 1.22. The summed E-state index contributed by atoms with van der Waals surface area (Å²) in [6.07, 6.45) is 17.7. The molecule has 2 N–H and O–H groups in total. The molecule has 1 unspecified atom stereocenters. The van der Waals surface area contributed by atoms with Crippen molar-refractivity contribution in [2.24, 2.45) is 11.8 Å². The molecule has 0 radical (unpaired) electrons. The van der Waals surface area contributed by atoms with E-state index in [1.54, 1.807) is 6.08 Å². The first-order chi connectivity index (χ1) is 14.6. The average molecular weight is 408 g/mol. The minimum absolute atomic E-state index is 0.0397. The van der Waals surface area contributed by atoms with Crippen molar-refractivity contribution < 1.29 is 14.7 Å². The monoisotopic (exact) mass is 407 g/mol. The van der Waals surface area contributed by atoms with E-state index < -0.39 is 6.10 Å². The molecule has 2 aliphatic carbocycles. The fraction of sp³-hybridized carbons (Fsp3) is 0.462. The maximum Gasteiger partial charge on any atom is 0.220 e. The van der Waals surface area contributed by atoms with Gasteiger partial charge in [0.2, 0.25) is 5.91 Å². The van der Waals surface area contributed by atoms with E-state index in [1.807, 2.05) is 36.4 Å². The van der Waals surface area contributed by atoms with Crippen LogP contribution in [0.2, 0.25) is 0 Å². The zero-order chi connectivity index (χ0) is 21.2. The standard InChI is InChI=1S/C26H33NO3/c28-23(17-12-20-8-4-3-5-9-20)18-13-21-14-19-25(29)24(21)10-6-1-2-7-11-26(30)27-22-15-16-22/h1,3-6,8-9,13-14,18-19,21-24,28H,2,7,10-12,15-17H2,(H,27,30)/b6-1-,18-13+/t21-,23-,24?/m0/s1. The molecule has 2 aliphatic rings. The molecule has 30 heavy (non-hydrogen) atoms. The van der Waals surface area contributed by atoms with Crippen LogP contribution in [0.25, 0.3) is 0 Å². The van der Waals surface area contributed by atoms with Crippen LogP contribution in [0.5, 0.6) is 0 Å². The van der Waals surface area contributed by atoms with Gasteiger partial charge in [-0.15, -0.1) is 0 Å². The lowest BCUT2D eigenvalue weighted by Gasteiger charge is -2.13. The first-order valence-electron chi connectivity index (χ1n) is 11.2. The predicted molar refractivity (Wildman–Crippen MR) is 120 cm³/mol. The molecule has 160 valence electrons. The van der Waals surface area contributed by atoms with Crippen molar-refractivity contribution in [3.8, 4) is 0 Å². The van der Waals surface area contributed by atoms with E-state index in [2.05, 4.69) is 29.6 Å². The van der Waals surface area contributed by atoms with Crippen molar-refractivity contribution >= 4 is 11.7 Å². The van der Waals surface area contributed by atoms with Crippen molar-refractivity contribution in [2.75, 3.05) is 0 Å². The van der Waals surface area contributed by atoms with Gasteiger partial charge in [-0.05, 0) is 56.6 Å². The van der Waals surface area contributed by atoms with E-state index in [-0.39, 0.29) is 23.5 Å². The number of nitrogens with one attached hydrogen (secondary N) is 1. The van der Waals surface area contributed by atoms with Crippen molar-refractivity contribution in [1.29, 1.82) is 0 Å². The highest BCUT2D eigenvalue weighted by atomic mass is 16.3. The number of allylic oxidation sites excluding steroid dienone is 5. The maximum absolute atomic E-state index is 12.2. The molecule has 1 saturated carbocycles. The van der Waals surface area contributed by atoms with E-state index in [1.165, 1.54) is 5.56 Å². The van der Waals surface area contributed by atoms with Crippen LogP contribution in [-0.2, 0) is 16.0 Å². The molecule has 0 spiro atoms. The van der Waals surface area contributed by atoms with Crippen LogP contribution in [0.4, 0.5) is 0 Å². The molecular weight excluding hydrogens is 374 g/mol. The number of hydrogen-bond donors (Lipinski definition) is 2. The highest BCUT2D eigenvalue weighted by molar-refractivity contribution is 5.95. The van der Waals surface area contributed by atoms with E-state index in [9.17, 15) is 14.7 Å². The highest BCUT2D eigenvalue weighted by Gasteiger charge is 2.27. The second kappa shape index (κ2) is 11.7. The smallest absolute Gasteiger partial charge is 0.220 e. The number of benzene rings is 1. The molecule has 4 heteroatoms. The van der Waals surface area contributed by atoms with E-state index in [0.717, 1.165) is 32.1 Å². The second-order valence-electron chi connectivity index (χ2n) is 8.36. The lowest BCUT2D eigenvalue weighted by molar-refractivity contribution is -0.121. The number of aliphatic hydroxyl groups excluding tert-OH is 1. The summed E-state index contributed by atoms with van der Waals surface area (Å²) in [5.74, 6) is 0.254. The first kappa shape index (κ1) is 22.2. The summed E-state index contributed by atoms with van der Waals surface area (Å²) >= 11 is 0. The SMILES string of the molecule is O=C(CCC/C=C\CC1C(=O)C=C[C@@H]1/C=C/[C@@H](O)CCc1ccccc1)NC1CC1. The molecule has 3 atom stereocenters. The van der Waals surface area contributed by atoms with Crippen molar-refractivity contribution in [1.82, 2.24) is 5.32 Å². The lowest BCUT2D eigenvalue weighted by atomic mass is 9.90. The minimum atomic E-state index is -0.507. The molecule has 1 aromatic carbocycles. The number of aliphatic hydroxyl groups is 1. The third kappa shape index (κ3) is 7.75. The zero-order valence-electron chi connectivity index (χ0n) is 17.6. The van der Waals surface area contributed by atoms with Gasteiger partial charge in [-0.3, -0.25) is 9.59 Å². The summed E-state index contributed by atoms with van der Waals surface area (Å²) in [5, 5.41) is 13.3. The molecular formula is C26H33NO3. The lowest BCUT2D eigenvalue weighted by Crippen LogP contribution is -2.24. The fourth-order valence-corrected chi connectivity index (χ4v) is 3.71. The van der Waals surface area contributed by atoms with Crippen LogP contribution in [0.15, 0.2) is 66.8 Å². The summed E-state index contributed by atoms with van der Waals surface area (Å²) in [6.45, 7) is 0. The van der Waals surface area contributed by atoms with Crippen LogP contribution < -0.4 is 5.32 Å². The molecule has 1 aromatic rings. The Hall–Kier alpha value is -2.46.